The number of fused-ring (bicyclic) bond motifs is 1. The second kappa shape index (κ2) is 7.71. The van der Waals surface area contributed by atoms with Gasteiger partial charge in [0, 0.05) is 11.9 Å². The quantitative estimate of drug-likeness (QED) is 0.703. The fourth-order valence-electron chi connectivity index (χ4n) is 2.73. The summed E-state index contributed by atoms with van der Waals surface area (Å²) in [7, 11) is 0. The van der Waals surface area contributed by atoms with Crippen LogP contribution in [0.25, 0.3) is 5.65 Å². The van der Waals surface area contributed by atoms with E-state index in [2.05, 4.69) is 10.3 Å². The lowest BCUT2D eigenvalue weighted by atomic mass is 10.1. The number of imidazole rings is 1. The molecule has 0 atom stereocenters. The summed E-state index contributed by atoms with van der Waals surface area (Å²) >= 11 is 0. The molecule has 3 rings (SSSR count). The first-order valence-electron chi connectivity index (χ1n) is 8.40. The van der Waals surface area contributed by atoms with Crippen LogP contribution in [-0.4, -0.2) is 33.9 Å². The summed E-state index contributed by atoms with van der Waals surface area (Å²) in [5, 5.41) is 4.57. The van der Waals surface area contributed by atoms with Crippen molar-refractivity contribution in [1.82, 2.24) is 14.7 Å². The summed E-state index contributed by atoms with van der Waals surface area (Å²) in [6.07, 6.45) is -2.89. The van der Waals surface area contributed by atoms with Crippen molar-refractivity contribution >= 4 is 23.1 Å². The Morgan fingerprint density at radius 2 is 1.82 bits per heavy atom. The maximum atomic E-state index is 12.6. The van der Waals surface area contributed by atoms with Gasteiger partial charge in [0.25, 0.3) is 5.91 Å². The van der Waals surface area contributed by atoms with Gasteiger partial charge >= 0.3 is 6.18 Å². The zero-order valence-electron chi connectivity index (χ0n) is 14.9. The summed E-state index contributed by atoms with van der Waals surface area (Å²) in [6.45, 7) is 0.378. The molecule has 9 heteroatoms. The van der Waals surface area contributed by atoms with Crippen molar-refractivity contribution in [3.05, 3.63) is 65.6 Å². The number of nitrogens with one attached hydrogen (secondary N) is 2. The molecule has 0 saturated carbocycles. The van der Waals surface area contributed by atoms with Gasteiger partial charge in [-0.3, -0.25) is 14.0 Å². The largest absolute Gasteiger partial charge is 0.405 e. The number of nitrogens with zero attached hydrogens (tertiary/aromatic N) is 2. The normalized spacial score (nSPS) is 11.4. The van der Waals surface area contributed by atoms with Crippen molar-refractivity contribution in [1.29, 1.82) is 0 Å². The number of aryl methyl sites for hydroxylation is 1. The van der Waals surface area contributed by atoms with Gasteiger partial charge in [0.05, 0.1) is 12.1 Å². The highest BCUT2D eigenvalue weighted by molar-refractivity contribution is 6.04. The molecule has 0 unspecified atom stereocenters. The van der Waals surface area contributed by atoms with Gasteiger partial charge in [0.2, 0.25) is 5.91 Å². The molecule has 0 saturated heterocycles. The van der Waals surface area contributed by atoms with Crippen molar-refractivity contribution < 1.29 is 22.8 Å². The number of alkyl halides is 3. The number of carbonyl (C=O) groups is 2. The number of hydrogen-bond donors (Lipinski definition) is 2. The van der Waals surface area contributed by atoms with E-state index in [9.17, 15) is 22.8 Å². The van der Waals surface area contributed by atoms with Crippen LogP contribution in [0.15, 0.2) is 48.7 Å². The second-order valence-corrected chi connectivity index (χ2v) is 6.19. The molecule has 2 amide bonds. The highest BCUT2D eigenvalue weighted by Gasteiger charge is 2.27. The lowest BCUT2D eigenvalue weighted by Crippen LogP contribution is -2.34. The third-order valence-corrected chi connectivity index (χ3v) is 3.98. The predicted octanol–water partition coefficient (Wildman–Crippen LogP) is 3.12. The smallest absolute Gasteiger partial charge is 0.347 e. The first kappa shape index (κ1) is 19.4. The predicted molar refractivity (Wildman–Crippen MR) is 97.1 cm³/mol. The van der Waals surface area contributed by atoms with Crippen LogP contribution in [0, 0.1) is 6.92 Å². The van der Waals surface area contributed by atoms with Gasteiger partial charge in [-0.15, -0.1) is 0 Å². The number of benzene rings is 1. The average Bonchev–Trinajstić information content (AvgIpc) is 2.97. The lowest BCUT2D eigenvalue weighted by molar-refractivity contribution is -0.138. The molecule has 0 bridgehead atoms. The molecule has 146 valence electrons. The molecule has 0 spiro atoms. The van der Waals surface area contributed by atoms with E-state index in [1.54, 1.807) is 53.9 Å². The summed E-state index contributed by atoms with van der Waals surface area (Å²) in [6, 6.07) is 11.7. The Balaban J connectivity index is 1.65. The van der Waals surface area contributed by atoms with Gasteiger partial charge in [-0.05, 0) is 36.8 Å². The van der Waals surface area contributed by atoms with Crippen molar-refractivity contribution in [2.24, 2.45) is 0 Å². The fraction of sp³-hybridized carbons (Fsp3) is 0.211. The molecule has 0 fully saturated rings. The number of carbonyl (C=O) groups excluding carboxylic acids is 2. The van der Waals surface area contributed by atoms with Crippen molar-refractivity contribution in [2.75, 3.05) is 11.9 Å². The molecule has 0 aliphatic carbocycles. The van der Waals surface area contributed by atoms with E-state index in [1.165, 1.54) is 0 Å². The number of halogens is 3. The van der Waals surface area contributed by atoms with Crippen molar-refractivity contribution in [3.8, 4) is 0 Å². The maximum absolute atomic E-state index is 12.6. The number of amides is 2. The third kappa shape index (κ3) is 4.67. The average molecular weight is 390 g/mol. The van der Waals surface area contributed by atoms with E-state index in [0.29, 0.717) is 28.3 Å². The SMILES string of the molecule is Cc1nc2ccccn2c1C(=O)Nc1ccc(CC(=O)NCC(F)(F)F)cc1. The van der Waals surface area contributed by atoms with Crippen LogP contribution in [0.1, 0.15) is 21.7 Å². The minimum absolute atomic E-state index is 0.184. The van der Waals surface area contributed by atoms with E-state index in [4.69, 9.17) is 0 Å². The van der Waals surface area contributed by atoms with Crippen LogP contribution in [0.4, 0.5) is 18.9 Å². The molecule has 0 aliphatic rings. The number of aromatic nitrogens is 2. The minimum atomic E-state index is -4.44. The summed E-state index contributed by atoms with van der Waals surface area (Å²) in [4.78, 5) is 28.5. The minimum Gasteiger partial charge on any atom is -0.347 e. The molecule has 0 aliphatic heterocycles. The lowest BCUT2D eigenvalue weighted by Gasteiger charge is -2.09. The topological polar surface area (TPSA) is 75.5 Å². The third-order valence-electron chi connectivity index (χ3n) is 3.98. The van der Waals surface area contributed by atoms with Gasteiger partial charge in [0.15, 0.2) is 0 Å². The van der Waals surface area contributed by atoms with Gasteiger partial charge in [-0.2, -0.15) is 13.2 Å². The summed E-state index contributed by atoms with van der Waals surface area (Å²) < 4.78 is 38.0. The van der Waals surface area contributed by atoms with Crippen LogP contribution in [0.2, 0.25) is 0 Å². The van der Waals surface area contributed by atoms with E-state index in [0.717, 1.165) is 0 Å². The van der Waals surface area contributed by atoms with Crippen molar-refractivity contribution in [3.63, 3.8) is 0 Å². The number of hydrogen-bond acceptors (Lipinski definition) is 3. The Hall–Kier alpha value is -3.36. The van der Waals surface area contributed by atoms with E-state index < -0.39 is 18.6 Å². The van der Waals surface area contributed by atoms with Gasteiger partial charge in [-0.25, -0.2) is 4.98 Å². The highest BCUT2D eigenvalue weighted by Crippen LogP contribution is 2.16. The molecule has 0 radical (unpaired) electrons. The molecular formula is C19H17F3N4O2. The number of anilines is 1. The summed E-state index contributed by atoms with van der Waals surface area (Å²) in [5.41, 5.74) is 2.68. The fourth-order valence-corrected chi connectivity index (χ4v) is 2.73. The van der Waals surface area contributed by atoms with Gasteiger partial charge in [-0.1, -0.05) is 18.2 Å². The first-order chi connectivity index (χ1) is 13.2. The number of pyridine rings is 1. The Morgan fingerprint density at radius 1 is 1.11 bits per heavy atom. The molecule has 2 heterocycles. The van der Waals surface area contributed by atoms with E-state index >= 15 is 0 Å². The monoisotopic (exact) mass is 390 g/mol. The van der Waals surface area contributed by atoms with Crippen LogP contribution in [0.3, 0.4) is 0 Å². The van der Waals surface area contributed by atoms with Crippen molar-refractivity contribution in [2.45, 2.75) is 19.5 Å². The van der Waals surface area contributed by atoms with Crippen LogP contribution in [0.5, 0.6) is 0 Å². The number of rotatable bonds is 5. The second-order valence-electron chi connectivity index (χ2n) is 6.19. The molecule has 28 heavy (non-hydrogen) atoms. The Bertz CT molecular complexity index is 1010. The maximum Gasteiger partial charge on any atom is 0.405 e. The van der Waals surface area contributed by atoms with Crippen LogP contribution in [-0.2, 0) is 11.2 Å². The molecule has 6 nitrogen and oxygen atoms in total. The van der Waals surface area contributed by atoms with E-state index in [-0.39, 0.29) is 12.3 Å². The van der Waals surface area contributed by atoms with Crippen LogP contribution < -0.4 is 10.6 Å². The molecule has 2 aromatic heterocycles. The first-order valence-corrected chi connectivity index (χ1v) is 8.40. The highest BCUT2D eigenvalue weighted by atomic mass is 19.4. The Labute approximate surface area is 158 Å². The zero-order chi connectivity index (χ0) is 20.3. The van der Waals surface area contributed by atoms with Gasteiger partial charge in [0.1, 0.15) is 17.9 Å². The van der Waals surface area contributed by atoms with Gasteiger partial charge < -0.3 is 10.6 Å². The Morgan fingerprint density at radius 3 is 2.50 bits per heavy atom. The molecule has 2 N–H and O–H groups in total. The van der Waals surface area contributed by atoms with Crippen LogP contribution >= 0.6 is 0 Å². The molecule has 3 aromatic rings. The molecular weight excluding hydrogens is 373 g/mol. The van der Waals surface area contributed by atoms with E-state index in [1.807, 2.05) is 11.4 Å². The molecule has 1 aromatic carbocycles. The Kier molecular flexibility index (Phi) is 5.34. The standard InChI is InChI=1S/C19H17F3N4O2/c1-12-17(26-9-3-2-4-15(26)24-12)18(28)25-14-7-5-13(6-8-14)10-16(27)23-11-19(20,21)22/h2-9H,10-11H2,1H3,(H,23,27)(H,25,28). The zero-order valence-corrected chi connectivity index (χ0v) is 14.9. The summed E-state index contributed by atoms with van der Waals surface area (Å²) in [5.74, 6) is -1.07.